The minimum absolute atomic E-state index is 0.454. The standard InChI is InChI=1S/C12H14N2OS/c1-8-4-5-11(15-8)10-7-16-12(14-10)9-3-2-6-13-9/h4-5,7,9,13H,2-3,6H2,1H3. The first-order chi connectivity index (χ1) is 7.83. The van der Waals surface area contributed by atoms with E-state index in [9.17, 15) is 0 Å². The maximum Gasteiger partial charge on any atom is 0.153 e. The van der Waals surface area contributed by atoms with Gasteiger partial charge < -0.3 is 9.73 Å². The van der Waals surface area contributed by atoms with Gasteiger partial charge in [-0.2, -0.15) is 0 Å². The molecular weight excluding hydrogens is 220 g/mol. The molecule has 2 aromatic heterocycles. The van der Waals surface area contributed by atoms with Crippen LogP contribution in [0.4, 0.5) is 0 Å². The van der Waals surface area contributed by atoms with Gasteiger partial charge in [-0.05, 0) is 38.4 Å². The van der Waals surface area contributed by atoms with E-state index in [2.05, 4.69) is 15.7 Å². The predicted octanol–water partition coefficient (Wildman–Crippen LogP) is 3.14. The van der Waals surface area contributed by atoms with E-state index in [0.717, 1.165) is 23.8 Å². The van der Waals surface area contributed by atoms with E-state index in [0.29, 0.717) is 6.04 Å². The average molecular weight is 234 g/mol. The highest BCUT2D eigenvalue weighted by Gasteiger charge is 2.20. The summed E-state index contributed by atoms with van der Waals surface area (Å²) in [6.07, 6.45) is 2.45. The molecule has 0 bridgehead atoms. The van der Waals surface area contributed by atoms with E-state index in [1.807, 2.05) is 19.1 Å². The second kappa shape index (κ2) is 4.03. The van der Waals surface area contributed by atoms with Crippen LogP contribution in [0.5, 0.6) is 0 Å². The Bertz CT molecular complexity index is 483. The van der Waals surface area contributed by atoms with Crippen molar-refractivity contribution in [3.63, 3.8) is 0 Å². The molecule has 0 amide bonds. The second-order valence-electron chi connectivity index (χ2n) is 4.13. The van der Waals surface area contributed by atoms with Gasteiger partial charge in [0.25, 0.3) is 0 Å². The highest BCUT2D eigenvalue weighted by atomic mass is 32.1. The summed E-state index contributed by atoms with van der Waals surface area (Å²) in [6, 6.07) is 4.41. The molecule has 1 atom stereocenters. The van der Waals surface area contributed by atoms with Crippen LogP contribution in [0.25, 0.3) is 11.5 Å². The van der Waals surface area contributed by atoms with E-state index < -0.39 is 0 Å². The molecule has 0 aromatic carbocycles. The van der Waals surface area contributed by atoms with E-state index in [1.165, 1.54) is 17.8 Å². The van der Waals surface area contributed by atoms with Crippen molar-refractivity contribution in [2.24, 2.45) is 0 Å². The highest BCUT2D eigenvalue weighted by molar-refractivity contribution is 7.10. The van der Waals surface area contributed by atoms with Gasteiger partial charge in [0.2, 0.25) is 0 Å². The van der Waals surface area contributed by atoms with Crippen molar-refractivity contribution in [3.8, 4) is 11.5 Å². The smallest absolute Gasteiger partial charge is 0.153 e. The Hall–Kier alpha value is -1.13. The van der Waals surface area contributed by atoms with Gasteiger partial charge in [-0.3, -0.25) is 0 Å². The summed E-state index contributed by atoms with van der Waals surface area (Å²) in [5, 5.41) is 6.72. The Kier molecular flexibility index (Phi) is 2.53. The minimum Gasteiger partial charge on any atom is -0.460 e. The summed E-state index contributed by atoms with van der Waals surface area (Å²) in [4.78, 5) is 4.64. The van der Waals surface area contributed by atoms with Gasteiger partial charge in [0.05, 0.1) is 6.04 Å². The number of nitrogens with one attached hydrogen (secondary N) is 1. The van der Waals surface area contributed by atoms with Gasteiger partial charge in [-0.25, -0.2) is 4.98 Å². The first-order valence-electron chi connectivity index (χ1n) is 5.58. The predicted molar refractivity (Wildman–Crippen MR) is 64.5 cm³/mol. The summed E-state index contributed by atoms with van der Waals surface area (Å²) >= 11 is 1.72. The Morgan fingerprint density at radius 2 is 2.44 bits per heavy atom. The molecule has 1 N–H and O–H groups in total. The molecule has 84 valence electrons. The largest absolute Gasteiger partial charge is 0.460 e. The van der Waals surface area contributed by atoms with Crippen LogP contribution in [0.3, 0.4) is 0 Å². The van der Waals surface area contributed by atoms with Gasteiger partial charge in [0.1, 0.15) is 16.5 Å². The van der Waals surface area contributed by atoms with Crippen molar-refractivity contribution in [1.29, 1.82) is 0 Å². The van der Waals surface area contributed by atoms with Crippen LogP contribution in [0.1, 0.15) is 29.7 Å². The van der Waals surface area contributed by atoms with Crippen molar-refractivity contribution in [1.82, 2.24) is 10.3 Å². The van der Waals surface area contributed by atoms with E-state index in [4.69, 9.17) is 4.42 Å². The molecular formula is C12H14N2OS. The number of hydrogen-bond donors (Lipinski definition) is 1. The molecule has 1 unspecified atom stereocenters. The molecule has 1 saturated heterocycles. The van der Waals surface area contributed by atoms with Gasteiger partial charge in [0.15, 0.2) is 5.76 Å². The SMILES string of the molecule is Cc1ccc(-c2csc(C3CCCN3)n2)o1. The van der Waals surface area contributed by atoms with Crippen molar-refractivity contribution >= 4 is 11.3 Å². The van der Waals surface area contributed by atoms with E-state index >= 15 is 0 Å². The average Bonchev–Trinajstić information content (AvgIpc) is 2.97. The summed E-state index contributed by atoms with van der Waals surface area (Å²) in [6.45, 7) is 3.06. The third-order valence-corrected chi connectivity index (χ3v) is 3.83. The molecule has 1 aliphatic rings. The molecule has 3 rings (SSSR count). The molecule has 0 saturated carbocycles. The number of hydrogen-bond acceptors (Lipinski definition) is 4. The van der Waals surface area contributed by atoms with E-state index in [1.54, 1.807) is 11.3 Å². The first kappa shape index (κ1) is 10.1. The van der Waals surface area contributed by atoms with Crippen molar-refractivity contribution in [3.05, 3.63) is 28.3 Å². The minimum atomic E-state index is 0.454. The molecule has 1 fully saturated rings. The molecule has 3 heterocycles. The molecule has 0 aliphatic carbocycles. The topological polar surface area (TPSA) is 38.1 Å². The lowest BCUT2D eigenvalue weighted by molar-refractivity contribution is 0.546. The molecule has 0 spiro atoms. The monoisotopic (exact) mass is 234 g/mol. The Balaban J connectivity index is 1.87. The Morgan fingerprint density at radius 1 is 1.50 bits per heavy atom. The zero-order chi connectivity index (χ0) is 11.0. The summed E-state index contributed by atoms with van der Waals surface area (Å²) in [5.41, 5.74) is 0.960. The van der Waals surface area contributed by atoms with Gasteiger partial charge in [0, 0.05) is 5.38 Å². The molecule has 16 heavy (non-hydrogen) atoms. The number of thiazole rings is 1. The third-order valence-electron chi connectivity index (χ3n) is 2.87. The van der Waals surface area contributed by atoms with Crippen LogP contribution in [0, 0.1) is 6.92 Å². The number of aryl methyl sites for hydroxylation is 1. The fourth-order valence-electron chi connectivity index (χ4n) is 2.03. The zero-order valence-corrected chi connectivity index (χ0v) is 10.0. The normalized spacial score (nSPS) is 20.4. The van der Waals surface area contributed by atoms with Crippen LogP contribution in [0.15, 0.2) is 21.9 Å². The maximum absolute atomic E-state index is 5.57. The van der Waals surface area contributed by atoms with E-state index in [-0.39, 0.29) is 0 Å². The number of aromatic nitrogens is 1. The quantitative estimate of drug-likeness (QED) is 0.867. The van der Waals surface area contributed by atoms with Crippen molar-refractivity contribution in [2.45, 2.75) is 25.8 Å². The van der Waals surface area contributed by atoms with Crippen LogP contribution in [-0.4, -0.2) is 11.5 Å². The number of furan rings is 1. The van der Waals surface area contributed by atoms with Gasteiger partial charge >= 0.3 is 0 Å². The first-order valence-corrected chi connectivity index (χ1v) is 6.46. The van der Waals surface area contributed by atoms with Crippen LogP contribution >= 0.6 is 11.3 Å². The molecule has 0 radical (unpaired) electrons. The number of nitrogens with zero attached hydrogens (tertiary/aromatic N) is 1. The fourth-order valence-corrected chi connectivity index (χ4v) is 2.95. The van der Waals surface area contributed by atoms with Crippen LogP contribution in [-0.2, 0) is 0 Å². The molecule has 2 aromatic rings. The zero-order valence-electron chi connectivity index (χ0n) is 9.19. The summed E-state index contributed by atoms with van der Waals surface area (Å²) in [7, 11) is 0. The third kappa shape index (κ3) is 1.79. The maximum atomic E-state index is 5.57. The molecule has 3 nitrogen and oxygen atoms in total. The second-order valence-corrected chi connectivity index (χ2v) is 5.02. The number of rotatable bonds is 2. The van der Waals surface area contributed by atoms with Crippen LogP contribution < -0.4 is 5.32 Å². The lowest BCUT2D eigenvalue weighted by atomic mass is 10.2. The van der Waals surface area contributed by atoms with Gasteiger partial charge in [-0.15, -0.1) is 11.3 Å². The molecule has 4 heteroatoms. The Morgan fingerprint density at radius 3 is 3.12 bits per heavy atom. The summed E-state index contributed by atoms with van der Waals surface area (Å²) in [5.74, 6) is 1.81. The molecule has 1 aliphatic heterocycles. The van der Waals surface area contributed by atoms with Gasteiger partial charge in [-0.1, -0.05) is 0 Å². The van der Waals surface area contributed by atoms with Crippen molar-refractivity contribution in [2.75, 3.05) is 6.54 Å². The Labute approximate surface area is 98.5 Å². The highest BCUT2D eigenvalue weighted by Crippen LogP contribution is 2.30. The van der Waals surface area contributed by atoms with Crippen molar-refractivity contribution < 1.29 is 4.42 Å². The lowest BCUT2D eigenvalue weighted by Crippen LogP contribution is -2.12. The summed E-state index contributed by atoms with van der Waals surface area (Å²) < 4.78 is 5.57. The lowest BCUT2D eigenvalue weighted by Gasteiger charge is -2.04. The van der Waals surface area contributed by atoms with Crippen LogP contribution in [0.2, 0.25) is 0 Å². The fraction of sp³-hybridized carbons (Fsp3) is 0.417.